The summed E-state index contributed by atoms with van der Waals surface area (Å²) in [5.74, 6) is -5.61. The number of amides is 1. The first-order chi connectivity index (χ1) is 9.70. The lowest BCUT2D eigenvalue weighted by molar-refractivity contribution is -0.142. The number of carbonyl (C=O) groups is 2. The minimum atomic E-state index is -1.35. The number of carbonyl (C=O) groups excluding carboxylic acids is 1. The molecule has 116 valence electrons. The van der Waals surface area contributed by atoms with Gasteiger partial charge in [0.05, 0.1) is 6.42 Å². The average molecular weight is 303 g/mol. The van der Waals surface area contributed by atoms with Crippen LogP contribution >= 0.6 is 0 Å². The second kappa shape index (κ2) is 7.10. The van der Waals surface area contributed by atoms with Gasteiger partial charge in [0.1, 0.15) is 11.9 Å². The lowest BCUT2D eigenvalue weighted by Crippen LogP contribution is -2.42. The Morgan fingerprint density at radius 1 is 1.14 bits per heavy atom. The van der Waals surface area contributed by atoms with Gasteiger partial charge in [-0.2, -0.15) is 0 Å². The number of nitrogens with one attached hydrogen (secondary N) is 1. The number of aliphatic carboxylic acids is 1. The summed E-state index contributed by atoms with van der Waals surface area (Å²) in [6.45, 7) is 3.58. The van der Waals surface area contributed by atoms with Gasteiger partial charge in [-0.1, -0.05) is 13.8 Å². The molecule has 21 heavy (non-hydrogen) atoms. The van der Waals surface area contributed by atoms with Gasteiger partial charge < -0.3 is 10.4 Å². The maximum absolute atomic E-state index is 13.4. The summed E-state index contributed by atoms with van der Waals surface area (Å²) in [5, 5.41) is 11.2. The van der Waals surface area contributed by atoms with Gasteiger partial charge in [-0.05, 0) is 18.4 Å². The molecule has 0 heterocycles. The van der Waals surface area contributed by atoms with E-state index in [1.165, 1.54) is 0 Å². The first-order valence-corrected chi connectivity index (χ1v) is 6.36. The van der Waals surface area contributed by atoms with Crippen LogP contribution in [0.3, 0.4) is 0 Å². The van der Waals surface area contributed by atoms with E-state index in [0.29, 0.717) is 12.1 Å². The maximum atomic E-state index is 13.4. The van der Waals surface area contributed by atoms with Crippen molar-refractivity contribution in [3.8, 4) is 0 Å². The van der Waals surface area contributed by atoms with Crippen molar-refractivity contribution in [2.75, 3.05) is 0 Å². The van der Waals surface area contributed by atoms with Crippen LogP contribution in [-0.4, -0.2) is 23.0 Å². The van der Waals surface area contributed by atoms with Crippen molar-refractivity contribution in [1.29, 1.82) is 0 Å². The number of hydrogen-bond donors (Lipinski definition) is 2. The molecule has 0 aliphatic rings. The van der Waals surface area contributed by atoms with Crippen LogP contribution in [0.15, 0.2) is 12.1 Å². The molecule has 2 N–H and O–H groups in total. The molecule has 1 amide bonds. The third-order valence-electron chi connectivity index (χ3n) is 2.78. The topological polar surface area (TPSA) is 66.4 Å². The van der Waals surface area contributed by atoms with Gasteiger partial charge in [0.2, 0.25) is 5.91 Å². The normalized spacial score (nSPS) is 12.3. The van der Waals surface area contributed by atoms with E-state index in [1.807, 2.05) is 0 Å². The van der Waals surface area contributed by atoms with Crippen molar-refractivity contribution >= 4 is 11.9 Å². The number of benzene rings is 1. The molecule has 1 aromatic rings. The van der Waals surface area contributed by atoms with E-state index >= 15 is 0 Å². The van der Waals surface area contributed by atoms with Crippen molar-refractivity contribution in [1.82, 2.24) is 5.32 Å². The Morgan fingerprint density at radius 2 is 1.71 bits per heavy atom. The summed E-state index contributed by atoms with van der Waals surface area (Å²) in [6.07, 6.45) is -0.355. The second-order valence-electron chi connectivity index (χ2n) is 5.12. The highest BCUT2D eigenvalue weighted by atomic mass is 19.2. The third-order valence-corrected chi connectivity index (χ3v) is 2.78. The second-order valence-corrected chi connectivity index (χ2v) is 5.12. The van der Waals surface area contributed by atoms with Gasteiger partial charge in [0.25, 0.3) is 0 Å². The fourth-order valence-corrected chi connectivity index (χ4v) is 1.81. The minimum absolute atomic E-state index is 0.0337. The predicted octanol–water partition coefficient (Wildman–Crippen LogP) is 2.26. The summed E-state index contributed by atoms with van der Waals surface area (Å²) in [6, 6.07) is -0.172. The van der Waals surface area contributed by atoms with Gasteiger partial charge in [0, 0.05) is 11.6 Å². The van der Waals surface area contributed by atoms with E-state index in [1.54, 1.807) is 13.8 Å². The highest BCUT2D eigenvalue weighted by Gasteiger charge is 2.22. The quantitative estimate of drug-likeness (QED) is 0.792. The summed E-state index contributed by atoms with van der Waals surface area (Å²) in [5.41, 5.74) is -0.333. The van der Waals surface area contributed by atoms with E-state index in [0.717, 1.165) is 0 Å². The first kappa shape index (κ1) is 17.0. The Kier molecular flexibility index (Phi) is 5.75. The molecular weight excluding hydrogens is 287 g/mol. The van der Waals surface area contributed by atoms with Crippen molar-refractivity contribution in [2.45, 2.75) is 32.7 Å². The van der Waals surface area contributed by atoms with E-state index in [4.69, 9.17) is 5.11 Å². The molecule has 0 radical (unpaired) electrons. The van der Waals surface area contributed by atoms with Crippen LogP contribution in [-0.2, 0) is 16.0 Å². The zero-order chi connectivity index (χ0) is 16.2. The Morgan fingerprint density at radius 3 is 2.24 bits per heavy atom. The molecular formula is C14H16F3NO3. The zero-order valence-corrected chi connectivity index (χ0v) is 11.6. The molecule has 0 saturated carbocycles. The molecule has 0 bridgehead atoms. The molecule has 1 rings (SSSR count). The fourth-order valence-electron chi connectivity index (χ4n) is 1.81. The van der Waals surface area contributed by atoms with Crippen LogP contribution in [0.4, 0.5) is 13.2 Å². The highest BCUT2D eigenvalue weighted by molar-refractivity contribution is 5.84. The molecule has 0 saturated heterocycles. The Balaban J connectivity index is 2.77. The highest BCUT2D eigenvalue weighted by Crippen LogP contribution is 2.14. The van der Waals surface area contributed by atoms with Crippen molar-refractivity contribution in [3.63, 3.8) is 0 Å². The summed E-state index contributed by atoms with van der Waals surface area (Å²) >= 11 is 0. The standard InChI is InChI=1S/C14H16F3NO3/c1-7(2)3-12(14(20)21)18-13(19)5-8-4-10(16)11(17)6-9(8)15/h4,6-7,12H,3,5H2,1-2H3,(H,18,19)(H,20,21)/t12-/m0/s1. The minimum Gasteiger partial charge on any atom is -0.480 e. The lowest BCUT2D eigenvalue weighted by Gasteiger charge is -2.16. The van der Waals surface area contributed by atoms with Crippen LogP contribution in [0, 0.1) is 23.4 Å². The number of hydrogen-bond acceptors (Lipinski definition) is 2. The van der Waals surface area contributed by atoms with E-state index in [9.17, 15) is 22.8 Å². The van der Waals surface area contributed by atoms with Crippen LogP contribution in [0.5, 0.6) is 0 Å². The molecule has 0 unspecified atom stereocenters. The van der Waals surface area contributed by atoms with Crippen LogP contribution < -0.4 is 5.32 Å². The number of carboxylic acid groups (broad SMARTS) is 1. The predicted molar refractivity (Wildman–Crippen MR) is 69.0 cm³/mol. The molecule has 0 aliphatic carbocycles. The Hall–Kier alpha value is -2.05. The molecule has 0 fully saturated rings. The largest absolute Gasteiger partial charge is 0.480 e. The van der Waals surface area contributed by atoms with Gasteiger partial charge in [-0.25, -0.2) is 18.0 Å². The smallest absolute Gasteiger partial charge is 0.326 e. The number of halogens is 3. The Labute approximate surface area is 120 Å². The average Bonchev–Trinajstić information content (AvgIpc) is 2.34. The summed E-state index contributed by atoms with van der Waals surface area (Å²) in [7, 11) is 0. The Bertz CT molecular complexity index is 547. The van der Waals surface area contributed by atoms with Crippen LogP contribution in [0.25, 0.3) is 0 Å². The van der Waals surface area contributed by atoms with E-state index in [2.05, 4.69) is 5.32 Å². The maximum Gasteiger partial charge on any atom is 0.326 e. The lowest BCUT2D eigenvalue weighted by atomic mass is 10.0. The first-order valence-electron chi connectivity index (χ1n) is 6.36. The van der Waals surface area contributed by atoms with Crippen molar-refractivity contribution < 1.29 is 27.9 Å². The van der Waals surface area contributed by atoms with E-state index in [-0.39, 0.29) is 17.9 Å². The summed E-state index contributed by atoms with van der Waals surface area (Å²) < 4.78 is 39.2. The fraction of sp³-hybridized carbons (Fsp3) is 0.429. The summed E-state index contributed by atoms with van der Waals surface area (Å²) in [4.78, 5) is 22.7. The van der Waals surface area contributed by atoms with Gasteiger partial charge in [-0.3, -0.25) is 4.79 Å². The molecule has 0 aromatic heterocycles. The molecule has 7 heteroatoms. The van der Waals surface area contributed by atoms with Gasteiger partial charge in [0.15, 0.2) is 11.6 Å². The van der Waals surface area contributed by atoms with Crippen LogP contribution in [0.2, 0.25) is 0 Å². The van der Waals surface area contributed by atoms with Crippen molar-refractivity contribution in [3.05, 3.63) is 35.1 Å². The number of carboxylic acids is 1. The molecule has 1 aromatic carbocycles. The molecule has 0 aliphatic heterocycles. The zero-order valence-electron chi connectivity index (χ0n) is 11.6. The molecule has 1 atom stereocenters. The van der Waals surface area contributed by atoms with Crippen LogP contribution in [0.1, 0.15) is 25.8 Å². The van der Waals surface area contributed by atoms with E-state index < -0.39 is 41.8 Å². The van der Waals surface area contributed by atoms with Gasteiger partial charge >= 0.3 is 5.97 Å². The SMILES string of the molecule is CC(C)C[C@H](NC(=O)Cc1cc(F)c(F)cc1F)C(=O)O. The van der Waals surface area contributed by atoms with Gasteiger partial charge in [-0.15, -0.1) is 0 Å². The van der Waals surface area contributed by atoms with Crippen molar-refractivity contribution in [2.24, 2.45) is 5.92 Å². The molecule has 4 nitrogen and oxygen atoms in total. The monoisotopic (exact) mass is 303 g/mol. The number of rotatable bonds is 6. The third kappa shape index (κ3) is 5.09. The molecule has 0 spiro atoms.